The number of hydrogen-bond donors (Lipinski definition) is 0. The van der Waals surface area contributed by atoms with Crippen LogP contribution in [0.5, 0.6) is 11.5 Å². The summed E-state index contributed by atoms with van der Waals surface area (Å²) in [7, 11) is 4.98. The zero-order valence-electron chi connectivity index (χ0n) is 22.4. The highest BCUT2D eigenvalue weighted by atomic mass is 19.1. The smallest absolute Gasteiger partial charge is 0.341 e. The molecule has 4 aromatic carbocycles. The Hall–Kier alpha value is -4.86. The highest BCUT2D eigenvalue weighted by molar-refractivity contribution is 5.96. The molecule has 41 heavy (non-hydrogen) atoms. The van der Waals surface area contributed by atoms with Gasteiger partial charge in [-0.15, -0.1) is 0 Å². The van der Waals surface area contributed by atoms with Crippen molar-refractivity contribution in [1.29, 1.82) is 0 Å². The SMILES string of the molecule is COC(=O)c1cc(-c2ccc(F)cc2F)cc(Cc2cc(-c3ccc(F)cc3F)cc(C(=O)OC)c2OC)c1OC. The second kappa shape index (κ2) is 12.1. The number of rotatable bonds is 8. The lowest BCUT2D eigenvalue weighted by atomic mass is 9.91. The van der Waals surface area contributed by atoms with Crippen LogP contribution in [0.25, 0.3) is 22.3 Å². The van der Waals surface area contributed by atoms with Crippen molar-refractivity contribution in [2.45, 2.75) is 6.42 Å². The third kappa shape index (κ3) is 5.86. The molecule has 0 aliphatic rings. The van der Waals surface area contributed by atoms with Crippen LogP contribution in [0.2, 0.25) is 0 Å². The lowest BCUT2D eigenvalue weighted by molar-refractivity contribution is 0.0588. The van der Waals surface area contributed by atoms with Crippen molar-refractivity contribution in [3.8, 4) is 33.8 Å². The fourth-order valence-corrected chi connectivity index (χ4v) is 4.61. The Morgan fingerprint density at radius 3 is 1.29 bits per heavy atom. The summed E-state index contributed by atoms with van der Waals surface area (Å²) in [6.45, 7) is 0. The van der Waals surface area contributed by atoms with Crippen LogP contribution in [0.15, 0.2) is 60.7 Å². The number of esters is 2. The molecule has 0 atom stereocenters. The van der Waals surface area contributed by atoms with E-state index in [9.17, 15) is 27.2 Å². The van der Waals surface area contributed by atoms with E-state index in [1.54, 1.807) is 0 Å². The average Bonchev–Trinajstić information content (AvgIpc) is 2.95. The Labute approximate surface area is 233 Å². The Balaban J connectivity index is 1.99. The number of halogens is 4. The molecule has 212 valence electrons. The van der Waals surface area contributed by atoms with Crippen LogP contribution in [0, 0.1) is 23.3 Å². The summed E-state index contributed by atoms with van der Waals surface area (Å²) < 4.78 is 77.7. The fraction of sp³-hybridized carbons (Fsp3) is 0.161. The normalized spacial score (nSPS) is 10.7. The molecule has 0 aromatic heterocycles. The number of benzene rings is 4. The van der Waals surface area contributed by atoms with Gasteiger partial charge in [-0.3, -0.25) is 0 Å². The van der Waals surface area contributed by atoms with Gasteiger partial charge in [0.05, 0.1) is 28.4 Å². The molecule has 0 saturated heterocycles. The van der Waals surface area contributed by atoms with Crippen molar-refractivity contribution < 1.29 is 46.1 Å². The fourth-order valence-electron chi connectivity index (χ4n) is 4.61. The molecule has 0 amide bonds. The molecule has 0 aliphatic carbocycles. The van der Waals surface area contributed by atoms with Gasteiger partial charge in [0.1, 0.15) is 45.9 Å². The number of methoxy groups -OCH3 is 4. The molecule has 0 bridgehead atoms. The Morgan fingerprint density at radius 2 is 0.976 bits per heavy atom. The van der Waals surface area contributed by atoms with Crippen LogP contribution in [0.4, 0.5) is 17.6 Å². The maximum atomic E-state index is 14.8. The van der Waals surface area contributed by atoms with E-state index in [0.29, 0.717) is 23.3 Å². The molecule has 0 radical (unpaired) electrons. The quantitative estimate of drug-likeness (QED) is 0.173. The summed E-state index contributed by atoms with van der Waals surface area (Å²) in [5.41, 5.74) is 1.02. The van der Waals surface area contributed by atoms with Gasteiger partial charge in [0.25, 0.3) is 0 Å². The van der Waals surface area contributed by atoms with Crippen LogP contribution >= 0.6 is 0 Å². The summed E-state index contributed by atoms with van der Waals surface area (Å²) in [5, 5.41) is 0. The van der Waals surface area contributed by atoms with Crippen LogP contribution in [0.3, 0.4) is 0 Å². The van der Waals surface area contributed by atoms with Gasteiger partial charge in [-0.2, -0.15) is 0 Å². The van der Waals surface area contributed by atoms with Crippen molar-refractivity contribution in [2.75, 3.05) is 28.4 Å². The summed E-state index contributed by atoms with van der Waals surface area (Å²) in [4.78, 5) is 25.4. The minimum atomic E-state index is -0.865. The molecule has 4 rings (SSSR count). The van der Waals surface area contributed by atoms with Crippen LogP contribution in [0.1, 0.15) is 31.8 Å². The highest BCUT2D eigenvalue weighted by Gasteiger charge is 2.25. The predicted molar refractivity (Wildman–Crippen MR) is 142 cm³/mol. The van der Waals surface area contributed by atoms with Gasteiger partial charge < -0.3 is 18.9 Å². The maximum absolute atomic E-state index is 14.8. The summed E-state index contributed by atoms with van der Waals surface area (Å²) in [6.07, 6.45) is -0.0758. The zero-order valence-corrected chi connectivity index (χ0v) is 22.4. The second-order valence-corrected chi connectivity index (χ2v) is 8.84. The molecule has 4 aromatic rings. The summed E-state index contributed by atoms with van der Waals surface area (Å²) in [5.74, 6) is -4.68. The van der Waals surface area contributed by atoms with E-state index < -0.39 is 35.2 Å². The maximum Gasteiger partial charge on any atom is 0.341 e. The molecule has 0 heterocycles. The zero-order chi connectivity index (χ0) is 29.8. The van der Waals surface area contributed by atoms with Gasteiger partial charge in [0, 0.05) is 40.8 Å². The van der Waals surface area contributed by atoms with Crippen molar-refractivity contribution in [3.05, 3.63) is 106 Å². The van der Waals surface area contributed by atoms with Gasteiger partial charge in [0.15, 0.2) is 0 Å². The Kier molecular flexibility index (Phi) is 8.61. The third-order valence-corrected chi connectivity index (χ3v) is 6.42. The van der Waals surface area contributed by atoms with Crippen LogP contribution < -0.4 is 9.47 Å². The summed E-state index contributed by atoms with van der Waals surface area (Å²) in [6, 6.07) is 11.8. The van der Waals surface area contributed by atoms with Crippen LogP contribution in [-0.2, 0) is 15.9 Å². The topological polar surface area (TPSA) is 71.1 Å². The van der Waals surface area contributed by atoms with E-state index in [4.69, 9.17) is 18.9 Å². The van der Waals surface area contributed by atoms with E-state index in [0.717, 1.165) is 12.1 Å². The number of carbonyl (C=O) groups excluding carboxylic acids is 2. The standard InChI is InChI=1S/C31H24F4O6/c1-38-28-18(9-16(12-24(28)30(36)40-3)22-7-5-20(32)14-26(22)34)11-19-10-17(23-8-6-21(33)15-27(23)35)13-25(29(19)39-2)31(37)41-4/h5-10,12-15H,11H2,1-4H3. The summed E-state index contributed by atoms with van der Waals surface area (Å²) >= 11 is 0. The Morgan fingerprint density at radius 1 is 0.585 bits per heavy atom. The molecule has 0 N–H and O–H groups in total. The lowest BCUT2D eigenvalue weighted by Crippen LogP contribution is -2.10. The lowest BCUT2D eigenvalue weighted by Gasteiger charge is -2.19. The molecule has 0 saturated carbocycles. The first-order chi connectivity index (χ1) is 19.6. The van der Waals surface area contributed by atoms with E-state index >= 15 is 0 Å². The van der Waals surface area contributed by atoms with E-state index in [1.807, 2.05) is 0 Å². The molecule has 0 aliphatic heterocycles. The number of carbonyl (C=O) groups is 2. The van der Waals surface area contributed by atoms with E-state index in [2.05, 4.69) is 0 Å². The van der Waals surface area contributed by atoms with Gasteiger partial charge in [-0.25, -0.2) is 27.2 Å². The highest BCUT2D eigenvalue weighted by Crippen LogP contribution is 2.38. The molecule has 0 fully saturated rings. The van der Waals surface area contributed by atoms with Gasteiger partial charge in [-0.05, 0) is 59.7 Å². The minimum absolute atomic E-state index is 0.00445. The first kappa shape index (κ1) is 29.1. The first-order valence-electron chi connectivity index (χ1n) is 12.1. The molecule has 0 unspecified atom stereocenters. The average molecular weight is 569 g/mol. The largest absolute Gasteiger partial charge is 0.496 e. The van der Waals surface area contributed by atoms with Crippen molar-refractivity contribution in [2.24, 2.45) is 0 Å². The van der Waals surface area contributed by atoms with Gasteiger partial charge in [-0.1, -0.05) is 0 Å². The molecule has 0 spiro atoms. The second-order valence-electron chi connectivity index (χ2n) is 8.84. The van der Waals surface area contributed by atoms with Crippen molar-refractivity contribution in [1.82, 2.24) is 0 Å². The predicted octanol–water partition coefficient (Wildman–Crippen LogP) is 6.76. The number of hydrogen-bond acceptors (Lipinski definition) is 6. The van der Waals surface area contributed by atoms with E-state index in [1.165, 1.54) is 64.8 Å². The molecule has 6 nitrogen and oxygen atoms in total. The van der Waals surface area contributed by atoms with E-state index in [-0.39, 0.29) is 51.3 Å². The van der Waals surface area contributed by atoms with Gasteiger partial charge >= 0.3 is 11.9 Å². The number of ether oxygens (including phenoxy) is 4. The molecular formula is C31H24F4O6. The van der Waals surface area contributed by atoms with Crippen molar-refractivity contribution in [3.63, 3.8) is 0 Å². The minimum Gasteiger partial charge on any atom is -0.496 e. The molecule has 10 heteroatoms. The Bertz CT molecular complexity index is 1530. The van der Waals surface area contributed by atoms with Crippen LogP contribution in [-0.4, -0.2) is 40.4 Å². The van der Waals surface area contributed by atoms with Crippen molar-refractivity contribution >= 4 is 11.9 Å². The first-order valence-corrected chi connectivity index (χ1v) is 12.1. The monoisotopic (exact) mass is 568 g/mol. The third-order valence-electron chi connectivity index (χ3n) is 6.42. The van der Waals surface area contributed by atoms with Gasteiger partial charge in [0.2, 0.25) is 0 Å². The molecular weight excluding hydrogens is 544 g/mol.